The van der Waals surface area contributed by atoms with Crippen molar-refractivity contribution in [2.24, 2.45) is 5.92 Å². The van der Waals surface area contributed by atoms with Gasteiger partial charge in [-0.15, -0.1) is 0 Å². The van der Waals surface area contributed by atoms with Gasteiger partial charge in [-0.05, 0) is 23.6 Å². The first-order valence-corrected chi connectivity index (χ1v) is 7.34. The molecular weight excluding hydrogens is 252 g/mol. The van der Waals surface area contributed by atoms with Crippen molar-refractivity contribution in [3.8, 4) is 0 Å². The molecule has 0 saturated carbocycles. The minimum absolute atomic E-state index is 0.221. The van der Waals surface area contributed by atoms with Gasteiger partial charge in [0.15, 0.2) is 0 Å². The van der Waals surface area contributed by atoms with Gasteiger partial charge in [-0.25, -0.2) is 4.79 Å². The highest BCUT2D eigenvalue weighted by Gasteiger charge is 2.12. The first kappa shape index (κ1) is 15.0. The lowest BCUT2D eigenvalue weighted by Gasteiger charge is -2.27. The van der Waals surface area contributed by atoms with Crippen LogP contribution in [0.4, 0.5) is 0 Å². The molecule has 0 unspecified atom stereocenters. The molecule has 1 aliphatic heterocycles. The molecule has 0 aromatic heterocycles. The zero-order valence-corrected chi connectivity index (χ0v) is 12.4. The molecule has 0 bridgehead atoms. The molecule has 1 aromatic carbocycles. The topological polar surface area (TPSA) is 41.6 Å². The Balaban J connectivity index is 1.94. The molecule has 0 aliphatic carbocycles. The van der Waals surface area contributed by atoms with Crippen LogP contribution in [0.2, 0.25) is 0 Å². The summed E-state index contributed by atoms with van der Waals surface area (Å²) < 4.78 is 5.27. The first-order valence-electron chi connectivity index (χ1n) is 7.34. The van der Waals surface area contributed by atoms with Crippen LogP contribution in [-0.4, -0.2) is 43.7 Å². The van der Waals surface area contributed by atoms with Crippen molar-refractivity contribution in [2.75, 3.05) is 32.8 Å². The molecule has 0 atom stereocenters. The van der Waals surface area contributed by atoms with E-state index >= 15 is 0 Å². The summed E-state index contributed by atoms with van der Waals surface area (Å²) >= 11 is 0. The van der Waals surface area contributed by atoms with Gasteiger partial charge in [-0.3, -0.25) is 4.90 Å². The van der Waals surface area contributed by atoms with Crippen molar-refractivity contribution >= 4 is 5.97 Å². The number of ether oxygens (including phenoxy) is 1. The highest BCUT2D eigenvalue weighted by Crippen LogP contribution is 2.11. The van der Waals surface area contributed by atoms with Crippen molar-refractivity contribution in [1.82, 2.24) is 10.2 Å². The van der Waals surface area contributed by atoms with Crippen LogP contribution < -0.4 is 5.32 Å². The maximum Gasteiger partial charge on any atom is 0.338 e. The molecule has 110 valence electrons. The summed E-state index contributed by atoms with van der Waals surface area (Å²) in [6.07, 6.45) is 0. The number of carbonyl (C=O) groups excluding carboxylic acids is 1. The Kier molecular flexibility index (Phi) is 5.56. The van der Waals surface area contributed by atoms with Crippen LogP contribution in [0.1, 0.15) is 29.8 Å². The molecule has 1 fully saturated rings. The van der Waals surface area contributed by atoms with Crippen LogP contribution in [0.5, 0.6) is 0 Å². The first-order chi connectivity index (χ1) is 9.65. The molecule has 1 saturated heterocycles. The van der Waals surface area contributed by atoms with E-state index in [0.29, 0.717) is 18.1 Å². The Hall–Kier alpha value is -1.39. The van der Waals surface area contributed by atoms with Crippen molar-refractivity contribution in [1.29, 1.82) is 0 Å². The lowest BCUT2D eigenvalue weighted by molar-refractivity contribution is 0.0458. The highest BCUT2D eigenvalue weighted by molar-refractivity contribution is 5.89. The maximum atomic E-state index is 11.9. The van der Waals surface area contributed by atoms with E-state index in [1.54, 1.807) is 0 Å². The van der Waals surface area contributed by atoms with Crippen LogP contribution in [-0.2, 0) is 11.3 Å². The van der Waals surface area contributed by atoms with Gasteiger partial charge < -0.3 is 10.1 Å². The van der Waals surface area contributed by atoms with Gasteiger partial charge in [0.2, 0.25) is 0 Å². The lowest BCUT2D eigenvalue weighted by atomic mass is 10.1. The smallest absolute Gasteiger partial charge is 0.338 e. The summed E-state index contributed by atoms with van der Waals surface area (Å²) in [5.41, 5.74) is 1.82. The summed E-state index contributed by atoms with van der Waals surface area (Å²) in [7, 11) is 0. The second kappa shape index (κ2) is 7.41. The van der Waals surface area contributed by atoms with E-state index in [4.69, 9.17) is 4.74 Å². The number of hydrogen-bond donors (Lipinski definition) is 1. The average Bonchev–Trinajstić information content (AvgIpc) is 2.46. The molecule has 1 aromatic rings. The molecule has 1 N–H and O–H groups in total. The standard InChI is InChI=1S/C16H24N2O2/c1-13(2)12-20-16(19)15-5-3-4-14(10-15)11-18-8-6-17-7-9-18/h3-5,10,13,17H,6-9,11-12H2,1-2H3. The van der Waals surface area contributed by atoms with Gasteiger partial charge in [0.05, 0.1) is 12.2 Å². The number of esters is 1. The fraction of sp³-hybridized carbons (Fsp3) is 0.562. The third kappa shape index (κ3) is 4.62. The van der Waals surface area contributed by atoms with Gasteiger partial charge >= 0.3 is 5.97 Å². The Morgan fingerprint density at radius 1 is 1.35 bits per heavy atom. The summed E-state index contributed by atoms with van der Waals surface area (Å²) in [6.45, 7) is 9.63. The second-order valence-corrected chi connectivity index (χ2v) is 5.72. The molecule has 1 heterocycles. The Bertz CT molecular complexity index is 440. The Morgan fingerprint density at radius 3 is 2.80 bits per heavy atom. The van der Waals surface area contributed by atoms with Crippen LogP contribution in [0.15, 0.2) is 24.3 Å². The van der Waals surface area contributed by atoms with E-state index in [1.807, 2.05) is 32.0 Å². The second-order valence-electron chi connectivity index (χ2n) is 5.72. The fourth-order valence-corrected chi connectivity index (χ4v) is 2.25. The molecule has 1 aliphatic rings. The summed E-state index contributed by atoms with van der Waals surface area (Å²) in [5, 5.41) is 3.34. The highest BCUT2D eigenvalue weighted by atomic mass is 16.5. The van der Waals surface area contributed by atoms with Gasteiger partial charge in [0.25, 0.3) is 0 Å². The van der Waals surface area contributed by atoms with Gasteiger partial charge in [-0.1, -0.05) is 26.0 Å². The fourth-order valence-electron chi connectivity index (χ4n) is 2.25. The van der Waals surface area contributed by atoms with Crippen molar-refractivity contribution < 1.29 is 9.53 Å². The van der Waals surface area contributed by atoms with Crippen molar-refractivity contribution in [2.45, 2.75) is 20.4 Å². The molecule has 2 rings (SSSR count). The van der Waals surface area contributed by atoms with Gasteiger partial charge in [0.1, 0.15) is 0 Å². The number of carbonyl (C=O) groups is 1. The maximum absolute atomic E-state index is 11.9. The van der Waals surface area contributed by atoms with Gasteiger partial charge in [-0.2, -0.15) is 0 Å². The molecule has 4 nitrogen and oxygen atoms in total. The summed E-state index contributed by atoms with van der Waals surface area (Å²) in [6, 6.07) is 7.78. The van der Waals surface area contributed by atoms with E-state index in [-0.39, 0.29) is 5.97 Å². The predicted octanol–water partition coefficient (Wildman–Crippen LogP) is 1.90. The SMILES string of the molecule is CC(C)COC(=O)c1cccc(CN2CCNCC2)c1. The zero-order valence-electron chi connectivity index (χ0n) is 12.4. The van der Waals surface area contributed by atoms with E-state index in [0.717, 1.165) is 32.7 Å². The molecule has 0 amide bonds. The third-order valence-electron chi connectivity index (χ3n) is 3.33. The average molecular weight is 276 g/mol. The monoisotopic (exact) mass is 276 g/mol. The Labute approximate surface area is 121 Å². The number of piperazine rings is 1. The van der Waals surface area contributed by atoms with E-state index < -0.39 is 0 Å². The largest absolute Gasteiger partial charge is 0.462 e. The number of nitrogens with one attached hydrogen (secondary N) is 1. The van der Waals surface area contributed by atoms with Crippen molar-refractivity contribution in [3.63, 3.8) is 0 Å². The van der Waals surface area contributed by atoms with Gasteiger partial charge in [0, 0.05) is 32.7 Å². The number of benzene rings is 1. The predicted molar refractivity (Wildman–Crippen MR) is 79.7 cm³/mol. The van der Waals surface area contributed by atoms with Crippen LogP contribution in [0.3, 0.4) is 0 Å². The molecule has 20 heavy (non-hydrogen) atoms. The quantitative estimate of drug-likeness (QED) is 0.834. The molecule has 4 heteroatoms. The van der Waals surface area contributed by atoms with Crippen LogP contribution >= 0.6 is 0 Å². The number of nitrogens with zero attached hydrogens (tertiary/aromatic N) is 1. The lowest BCUT2D eigenvalue weighted by Crippen LogP contribution is -2.42. The van der Waals surface area contributed by atoms with Crippen molar-refractivity contribution in [3.05, 3.63) is 35.4 Å². The normalized spacial score (nSPS) is 16.4. The zero-order chi connectivity index (χ0) is 14.4. The van der Waals surface area contributed by atoms with E-state index in [9.17, 15) is 4.79 Å². The summed E-state index contributed by atoms with van der Waals surface area (Å²) in [5.74, 6) is 0.142. The van der Waals surface area contributed by atoms with Crippen LogP contribution in [0, 0.1) is 5.92 Å². The van der Waals surface area contributed by atoms with E-state index in [2.05, 4.69) is 16.3 Å². The summed E-state index contributed by atoms with van der Waals surface area (Å²) in [4.78, 5) is 14.3. The molecule has 0 radical (unpaired) electrons. The minimum atomic E-state index is -0.221. The number of rotatable bonds is 5. The van der Waals surface area contributed by atoms with Crippen LogP contribution in [0.25, 0.3) is 0 Å². The minimum Gasteiger partial charge on any atom is -0.462 e. The third-order valence-corrected chi connectivity index (χ3v) is 3.33. The molecule has 0 spiro atoms. The van der Waals surface area contributed by atoms with E-state index in [1.165, 1.54) is 5.56 Å². The molecular formula is C16H24N2O2. The Morgan fingerprint density at radius 2 is 2.10 bits per heavy atom. The number of hydrogen-bond acceptors (Lipinski definition) is 4.